The molecule has 0 aromatic heterocycles. The topological polar surface area (TPSA) is 129 Å². The van der Waals surface area contributed by atoms with Gasteiger partial charge in [0.1, 0.15) is 5.82 Å². The minimum absolute atomic E-state index is 0.0498. The van der Waals surface area contributed by atoms with Gasteiger partial charge in [-0.25, -0.2) is 13.2 Å². The fraction of sp³-hybridized carbons (Fsp3) is 0.360. The highest BCUT2D eigenvalue weighted by atomic mass is 35.5. The fourth-order valence-corrected chi connectivity index (χ4v) is 4.74. The Bertz CT molecular complexity index is 1250. The van der Waals surface area contributed by atoms with E-state index < -0.39 is 41.0 Å². The summed E-state index contributed by atoms with van der Waals surface area (Å²) in [5, 5.41) is 8.10. The highest BCUT2D eigenvalue weighted by molar-refractivity contribution is 6.34. The number of anilines is 1. The fourth-order valence-electron chi connectivity index (χ4n) is 4.48. The standard InChI is InChI=1S/C25H26ClF3N6O3/c26-19-13-16(27)3-6-18(19)21(36)34-17-4-1-15(2-5-17)25(23(30)38)20(32-14-33-25)22(37)31-9-12-35-10-7-24(28,29)8-11-35/h1-6,13-14,20H,7-12H2,(H2,30,38)(H,31,37)(H,32,33)(H,34,36). The molecule has 2 aliphatic heterocycles. The summed E-state index contributed by atoms with van der Waals surface area (Å²) in [7, 11) is 0. The number of primary amides is 1. The van der Waals surface area contributed by atoms with E-state index >= 15 is 0 Å². The molecule has 0 saturated carbocycles. The van der Waals surface area contributed by atoms with Crippen LogP contribution in [0, 0.1) is 5.82 Å². The highest BCUT2D eigenvalue weighted by Gasteiger charge is 2.52. The molecule has 38 heavy (non-hydrogen) atoms. The maximum absolute atomic E-state index is 13.3. The molecule has 2 unspecified atom stereocenters. The predicted octanol–water partition coefficient (Wildman–Crippen LogP) is 2.26. The molecule has 3 amide bonds. The van der Waals surface area contributed by atoms with Gasteiger partial charge in [0.25, 0.3) is 17.7 Å². The lowest BCUT2D eigenvalue weighted by Gasteiger charge is -2.33. The predicted molar refractivity (Wildman–Crippen MR) is 136 cm³/mol. The molecule has 2 atom stereocenters. The van der Waals surface area contributed by atoms with Crippen LogP contribution in [-0.2, 0) is 15.1 Å². The van der Waals surface area contributed by atoms with Gasteiger partial charge in [-0.15, -0.1) is 0 Å². The van der Waals surface area contributed by atoms with Crippen molar-refractivity contribution in [3.63, 3.8) is 0 Å². The number of amides is 3. The van der Waals surface area contributed by atoms with Crippen LogP contribution in [0.2, 0.25) is 5.02 Å². The van der Waals surface area contributed by atoms with Gasteiger partial charge < -0.3 is 26.6 Å². The van der Waals surface area contributed by atoms with E-state index in [0.29, 0.717) is 17.8 Å². The van der Waals surface area contributed by atoms with E-state index in [-0.39, 0.29) is 43.1 Å². The third-order valence-corrected chi connectivity index (χ3v) is 6.96. The zero-order valence-corrected chi connectivity index (χ0v) is 20.9. The van der Waals surface area contributed by atoms with Crippen molar-refractivity contribution in [2.75, 3.05) is 31.5 Å². The first-order valence-electron chi connectivity index (χ1n) is 11.9. The molecule has 2 heterocycles. The molecule has 5 N–H and O–H groups in total. The average Bonchev–Trinajstić information content (AvgIpc) is 3.32. The molecule has 1 saturated heterocycles. The van der Waals surface area contributed by atoms with E-state index in [9.17, 15) is 27.6 Å². The molecule has 13 heteroatoms. The Morgan fingerprint density at radius 3 is 2.45 bits per heavy atom. The number of nitrogens with zero attached hydrogens (tertiary/aromatic N) is 2. The summed E-state index contributed by atoms with van der Waals surface area (Å²) >= 11 is 5.95. The average molecular weight is 551 g/mol. The minimum atomic E-state index is -2.66. The van der Waals surface area contributed by atoms with Crippen LogP contribution >= 0.6 is 11.6 Å². The molecule has 9 nitrogen and oxygen atoms in total. The second kappa shape index (κ2) is 11.0. The molecule has 2 aromatic carbocycles. The van der Waals surface area contributed by atoms with Crippen LogP contribution in [0.15, 0.2) is 47.5 Å². The molecular weight excluding hydrogens is 525 g/mol. The molecule has 202 valence electrons. The van der Waals surface area contributed by atoms with Crippen LogP contribution in [0.1, 0.15) is 28.8 Å². The smallest absolute Gasteiger partial charge is 0.257 e. The van der Waals surface area contributed by atoms with Crippen molar-refractivity contribution in [2.24, 2.45) is 10.7 Å². The lowest BCUT2D eigenvalue weighted by molar-refractivity contribution is -0.131. The number of nitrogens with one attached hydrogen (secondary N) is 3. The molecule has 0 bridgehead atoms. The lowest BCUT2D eigenvalue weighted by Crippen LogP contribution is -2.60. The van der Waals surface area contributed by atoms with Crippen molar-refractivity contribution < 1.29 is 27.6 Å². The molecule has 2 aromatic rings. The Morgan fingerprint density at radius 1 is 1.13 bits per heavy atom. The number of halogens is 4. The van der Waals surface area contributed by atoms with E-state index in [1.807, 2.05) is 4.90 Å². The Labute approximate surface area is 221 Å². The molecule has 0 radical (unpaired) electrons. The highest BCUT2D eigenvalue weighted by Crippen LogP contribution is 2.32. The van der Waals surface area contributed by atoms with Gasteiger partial charge in [-0.1, -0.05) is 23.7 Å². The van der Waals surface area contributed by atoms with Crippen molar-refractivity contribution in [1.82, 2.24) is 15.5 Å². The number of piperidine rings is 1. The second-order valence-corrected chi connectivity index (χ2v) is 9.55. The minimum Gasteiger partial charge on any atom is -0.367 e. The van der Waals surface area contributed by atoms with E-state index in [1.54, 1.807) is 0 Å². The number of carbonyl (C=O) groups excluding carboxylic acids is 3. The van der Waals surface area contributed by atoms with Crippen LogP contribution in [-0.4, -0.2) is 67.1 Å². The van der Waals surface area contributed by atoms with Crippen molar-refractivity contribution in [3.05, 3.63) is 64.4 Å². The van der Waals surface area contributed by atoms with Crippen LogP contribution in [0.5, 0.6) is 0 Å². The number of benzene rings is 2. The summed E-state index contributed by atoms with van der Waals surface area (Å²) in [6.45, 7) is 1.02. The Kier molecular flexibility index (Phi) is 7.93. The number of alkyl halides is 2. The molecular formula is C25H26ClF3N6O3. The molecule has 2 aliphatic rings. The molecule has 4 rings (SSSR count). The second-order valence-electron chi connectivity index (χ2n) is 9.14. The molecule has 1 fully saturated rings. The Morgan fingerprint density at radius 2 is 1.82 bits per heavy atom. The number of hydrogen-bond donors (Lipinski definition) is 4. The number of hydrogen-bond acceptors (Lipinski definition) is 6. The summed E-state index contributed by atoms with van der Waals surface area (Å²) in [5.41, 5.74) is 4.81. The van der Waals surface area contributed by atoms with Crippen LogP contribution in [0.3, 0.4) is 0 Å². The first-order chi connectivity index (χ1) is 18.0. The van der Waals surface area contributed by atoms with Gasteiger partial charge in [0.2, 0.25) is 5.91 Å². The van der Waals surface area contributed by atoms with Crippen molar-refractivity contribution >= 4 is 41.3 Å². The van der Waals surface area contributed by atoms with Gasteiger partial charge in [-0.05, 0) is 35.9 Å². The zero-order chi connectivity index (χ0) is 27.5. The Hall–Kier alpha value is -3.64. The SMILES string of the molecule is NC(=O)C1(c2ccc(NC(=O)c3ccc(F)cc3Cl)cc2)NC=NC1C(=O)NCCN1CCC(F)(F)CC1. The number of likely N-dealkylation sites (tertiary alicyclic amines) is 1. The largest absolute Gasteiger partial charge is 0.367 e. The van der Waals surface area contributed by atoms with Gasteiger partial charge in [0.05, 0.1) is 16.9 Å². The van der Waals surface area contributed by atoms with Crippen molar-refractivity contribution in [1.29, 1.82) is 0 Å². The summed E-state index contributed by atoms with van der Waals surface area (Å²) in [6, 6.07) is 8.23. The van der Waals surface area contributed by atoms with Gasteiger partial charge >= 0.3 is 0 Å². The van der Waals surface area contributed by atoms with E-state index in [2.05, 4.69) is 20.9 Å². The maximum Gasteiger partial charge on any atom is 0.257 e. The van der Waals surface area contributed by atoms with E-state index in [1.165, 1.54) is 36.7 Å². The molecule has 0 spiro atoms. The maximum atomic E-state index is 13.3. The zero-order valence-electron chi connectivity index (χ0n) is 20.1. The van der Waals surface area contributed by atoms with Crippen LogP contribution in [0.25, 0.3) is 0 Å². The van der Waals surface area contributed by atoms with Crippen molar-refractivity contribution in [3.8, 4) is 0 Å². The number of aliphatic imine (C=N–C) groups is 1. The lowest BCUT2D eigenvalue weighted by atomic mass is 9.82. The molecule has 0 aliphatic carbocycles. The summed E-state index contributed by atoms with van der Waals surface area (Å²) in [5.74, 6) is -5.20. The van der Waals surface area contributed by atoms with Crippen LogP contribution < -0.4 is 21.7 Å². The summed E-state index contributed by atoms with van der Waals surface area (Å²) < 4.78 is 40.0. The first kappa shape index (κ1) is 27.4. The number of nitrogens with two attached hydrogens (primary N) is 1. The van der Waals surface area contributed by atoms with E-state index in [4.69, 9.17) is 17.3 Å². The summed E-state index contributed by atoms with van der Waals surface area (Å²) in [4.78, 5) is 44.1. The van der Waals surface area contributed by atoms with Crippen molar-refractivity contribution in [2.45, 2.75) is 30.3 Å². The van der Waals surface area contributed by atoms with Crippen LogP contribution in [0.4, 0.5) is 18.9 Å². The van der Waals surface area contributed by atoms with Gasteiger partial charge in [-0.3, -0.25) is 19.4 Å². The monoisotopic (exact) mass is 550 g/mol. The third-order valence-electron chi connectivity index (χ3n) is 6.65. The number of carbonyl (C=O) groups is 3. The summed E-state index contributed by atoms with van der Waals surface area (Å²) in [6.07, 6.45) is 0.778. The first-order valence-corrected chi connectivity index (χ1v) is 12.2. The van der Waals surface area contributed by atoms with Gasteiger partial charge in [-0.2, -0.15) is 0 Å². The third kappa shape index (κ3) is 5.76. The van der Waals surface area contributed by atoms with Gasteiger partial charge in [0.15, 0.2) is 11.6 Å². The quantitative estimate of drug-likeness (QED) is 0.401. The normalized spacial score (nSPS) is 22.5. The number of rotatable bonds is 8. The van der Waals surface area contributed by atoms with E-state index in [0.717, 1.165) is 12.1 Å². The Balaban J connectivity index is 1.42. The van der Waals surface area contributed by atoms with Gasteiger partial charge in [0, 0.05) is 44.7 Å².